The molecule has 0 aliphatic heterocycles. The lowest BCUT2D eigenvalue weighted by Gasteiger charge is -2.17. The molecule has 0 bridgehead atoms. The monoisotopic (exact) mass is 215 g/mol. The highest BCUT2D eigenvalue weighted by atomic mass is 16.4. The summed E-state index contributed by atoms with van der Waals surface area (Å²) in [6.07, 6.45) is 3.87. The van der Waals surface area contributed by atoms with Crippen LogP contribution in [0.15, 0.2) is 0 Å². The van der Waals surface area contributed by atoms with Gasteiger partial charge in [-0.2, -0.15) is 9.59 Å². The fourth-order valence-corrected chi connectivity index (χ4v) is 2.05. The summed E-state index contributed by atoms with van der Waals surface area (Å²) in [5.74, 6) is 1.14. The summed E-state index contributed by atoms with van der Waals surface area (Å²) in [5.41, 5.74) is 5.85. The molecule has 0 radical (unpaired) electrons. The summed E-state index contributed by atoms with van der Waals surface area (Å²) >= 11 is 0. The van der Waals surface area contributed by atoms with Crippen molar-refractivity contribution >= 4 is 13.3 Å². The number of nitrogens with two attached hydrogens (primary N) is 1. The van der Waals surface area contributed by atoms with Crippen molar-refractivity contribution in [1.29, 1.82) is 0 Å². The highest BCUT2D eigenvalue weighted by molar-refractivity contribution is 6.40. The van der Waals surface area contributed by atoms with Crippen LogP contribution in [0.25, 0.3) is 0 Å². The molecule has 86 valence electrons. The van der Waals surface area contributed by atoms with Crippen molar-refractivity contribution in [2.45, 2.75) is 38.5 Å². The van der Waals surface area contributed by atoms with Crippen LogP contribution in [0.3, 0.4) is 0 Å². The molecule has 0 amide bonds. The third kappa shape index (κ3) is 5.69. The predicted octanol–water partition coefficient (Wildman–Crippen LogP) is -0.361. The predicted molar refractivity (Wildman–Crippen MR) is 54.5 cm³/mol. The zero-order valence-electron chi connectivity index (χ0n) is 8.93. The highest BCUT2D eigenvalue weighted by Gasteiger charge is 2.30. The fourth-order valence-electron chi connectivity index (χ4n) is 2.05. The molecule has 0 heterocycles. The van der Waals surface area contributed by atoms with E-state index in [0.717, 1.165) is 19.3 Å². The Balaban J connectivity index is 0.000000583. The Morgan fingerprint density at radius 2 is 1.93 bits per heavy atom. The summed E-state index contributed by atoms with van der Waals surface area (Å²) in [7, 11) is -1.14. The minimum atomic E-state index is -1.14. The van der Waals surface area contributed by atoms with Crippen LogP contribution in [-0.4, -0.2) is 29.4 Å². The Labute approximate surface area is 89.8 Å². The molecule has 0 aromatic heterocycles. The molecule has 0 saturated heterocycles. The first-order valence-electron chi connectivity index (χ1n) is 5.13. The van der Waals surface area contributed by atoms with E-state index >= 15 is 0 Å². The molecule has 0 aromatic rings. The van der Waals surface area contributed by atoms with Crippen LogP contribution in [-0.2, 0) is 9.59 Å². The van der Waals surface area contributed by atoms with Crippen LogP contribution in [0, 0.1) is 11.8 Å². The van der Waals surface area contributed by atoms with Gasteiger partial charge in [0.15, 0.2) is 0 Å². The number of hydrogen-bond donors (Lipinski definition) is 3. The number of rotatable bonds is 3. The second-order valence-corrected chi connectivity index (χ2v) is 4.00. The Hall–Kier alpha value is -0.675. The normalized spacial score (nSPS) is 28.9. The Morgan fingerprint density at radius 3 is 2.27 bits per heavy atom. The summed E-state index contributed by atoms with van der Waals surface area (Å²) in [5, 5.41) is 17.4. The van der Waals surface area contributed by atoms with E-state index in [2.05, 4.69) is 6.92 Å². The lowest BCUT2D eigenvalue weighted by Crippen LogP contribution is -2.25. The van der Waals surface area contributed by atoms with Crippen LogP contribution in [0.2, 0.25) is 6.32 Å². The maximum atomic E-state index is 8.69. The van der Waals surface area contributed by atoms with Crippen LogP contribution >= 0.6 is 0 Å². The maximum Gasteiger partial charge on any atom is 0.451 e. The van der Waals surface area contributed by atoms with E-state index < -0.39 is 7.12 Å². The Morgan fingerprint density at radius 1 is 1.40 bits per heavy atom. The maximum absolute atomic E-state index is 8.69. The smallest absolute Gasteiger partial charge is 0.427 e. The fraction of sp³-hybridized carbons (Fsp3) is 0.889. The van der Waals surface area contributed by atoms with Crippen molar-refractivity contribution in [1.82, 2.24) is 0 Å². The number of hydrogen-bond acceptors (Lipinski definition) is 5. The molecular weight excluding hydrogens is 197 g/mol. The SMILES string of the molecule is C[C@@H]1C(N)CC[C@H]1CCB(O)O.O=C=O. The van der Waals surface area contributed by atoms with Crippen molar-refractivity contribution in [2.24, 2.45) is 17.6 Å². The van der Waals surface area contributed by atoms with Crippen molar-refractivity contribution in [3.8, 4) is 0 Å². The van der Waals surface area contributed by atoms with E-state index in [9.17, 15) is 0 Å². The molecular formula is C9H18BNO4. The molecule has 1 aliphatic rings. The molecule has 3 atom stereocenters. The van der Waals surface area contributed by atoms with Gasteiger partial charge in [-0.1, -0.05) is 13.3 Å². The van der Waals surface area contributed by atoms with Gasteiger partial charge in [-0.15, -0.1) is 0 Å². The molecule has 1 aliphatic carbocycles. The Bertz CT molecular complexity index is 206. The van der Waals surface area contributed by atoms with Crippen LogP contribution in [0.4, 0.5) is 0 Å². The lowest BCUT2D eigenvalue weighted by molar-refractivity contribution is -0.191. The van der Waals surface area contributed by atoms with Gasteiger partial charge in [-0.25, -0.2) is 0 Å². The van der Waals surface area contributed by atoms with Crippen LogP contribution < -0.4 is 5.73 Å². The zero-order chi connectivity index (χ0) is 11.8. The van der Waals surface area contributed by atoms with Crippen molar-refractivity contribution < 1.29 is 19.6 Å². The average molecular weight is 215 g/mol. The van der Waals surface area contributed by atoms with Crippen LogP contribution in [0.5, 0.6) is 0 Å². The van der Waals surface area contributed by atoms with Gasteiger partial charge >= 0.3 is 13.3 Å². The molecule has 1 fully saturated rings. The number of carbonyl (C=O) groups excluding carboxylic acids is 2. The molecule has 5 nitrogen and oxygen atoms in total. The van der Waals surface area contributed by atoms with Gasteiger partial charge in [0.05, 0.1) is 0 Å². The van der Waals surface area contributed by atoms with Crippen molar-refractivity contribution in [2.75, 3.05) is 0 Å². The second-order valence-electron chi connectivity index (χ2n) is 4.00. The van der Waals surface area contributed by atoms with E-state index in [-0.39, 0.29) is 6.15 Å². The minimum Gasteiger partial charge on any atom is -0.427 e. The standard InChI is InChI=1S/C8H18BNO2.CO2/c1-6-7(2-3-8(6)10)4-5-9(11)12;2-1-3/h6-8,11-12H,2-5,10H2,1H3;/t6-,7-,8?;/m0./s1. The molecule has 15 heavy (non-hydrogen) atoms. The molecule has 0 spiro atoms. The summed E-state index contributed by atoms with van der Waals surface area (Å²) in [4.78, 5) is 16.2. The van der Waals surface area contributed by atoms with E-state index in [0.29, 0.717) is 24.2 Å². The first-order chi connectivity index (χ1) is 7.02. The van der Waals surface area contributed by atoms with E-state index in [4.69, 9.17) is 25.4 Å². The van der Waals surface area contributed by atoms with Crippen LogP contribution in [0.1, 0.15) is 26.2 Å². The molecule has 1 rings (SSSR count). The highest BCUT2D eigenvalue weighted by Crippen LogP contribution is 2.33. The minimum absolute atomic E-state index is 0.250. The van der Waals surface area contributed by atoms with Gasteiger partial charge in [-0.3, -0.25) is 0 Å². The summed E-state index contributed by atoms with van der Waals surface area (Å²) < 4.78 is 0. The molecule has 6 heteroatoms. The van der Waals surface area contributed by atoms with Gasteiger partial charge in [-0.05, 0) is 31.0 Å². The van der Waals surface area contributed by atoms with Gasteiger partial charge < -0.3 is 15.8 Å². The average Bonchev–Trinajstić information content (AvgIpc) is 2.46. The van der Waals surface area contributed by atoms with E-state index in [1.807, 2.05) is 0 Å². The third-order valence-corrected chi connectivity index (χ3v) is 3.09. The first-order valence-corrected chi connectivity index (χ1v) is 5.13. The van der Waals surface area contributed by atoms with Gasteiger partial charge in [0, 0.05) is 6.04 Å². The molecule has 1 unspecified atom stereocenters. The van der Waals surface area contributed by atoms with Gasteiger partial charge in [0.25, 0.3) is 0 Å². The topological polar surface area (TPSA) is 101 Å². The molecule has 4 N–H and O–H groups in total. The first kappa shape index (κ1) is 14.3. The van der Waals surface area contributed by atoms with Gasteiger partial charge in [0.1, 0.15) is 0 Å². The summed E-state index contributed by atoms with van der Waals surface area (Å²) in [6.45, 7) is 2.16. The zero-order valence-corrected chi connectivity index (χ0v) is 8.93. The largest absolute Gasteiger partial charge is 0.451 e. The van der Waals surface area contributed by atoms with Crippen molar-refractivity contribution in [3.63, 3.8) is 0 Å². The van der Waals surface area contributed by atoms with E-state index in [1.165, 1.54) is 0 Å². The second kappa shape index (κ2) is 7.60. The van der Waals surface area contributed by atoms with Gasteiger partial charge in [0.2, 0.25) is 0 Å². The third-order valence-electron chi connectivity index (χ3n) is 3.09. The van der Waals surface area contributed by atoms with E-state index in [1.54, 1.807) is 0 Å². The quantitative estimate of drug-likeness (QED) is 0.558. The summed E-state index contributed by atoms with van der Waals surface area (Å²) in [6, 6.07) is 0.325. The lowest BCUT2D eigenvalue weighted by atomic mass is 9.78. The Kier molecular flexibility index (Phi) is 7.25. The molecule has 0 aromatic carbocycles. The molecule has 1 saturated carbocycles. The van der Waals surface area contributed by atoms with Crippen molar-refractivity contribution in [3.05, 3.63) is 0 Å².